The number of alkyl carbamates (subject to hydrolysis) is 1. The number of imide groups is 1. The van der Waals surface area contributed by atoms with E-state index >= 15 is 0 Å². The van der Waals surface area contributed by atoms with Gasteiger partial charge in [-0.2, -0.15) is 0 Å². The Morgan fingerprint density at radius 1 is 1.04 bits per heavy atom. The largest absolute Gasteiger partial charge is 0.456 e. The summed E-state index contributed by atoms with van der Waals surface area (Å²) in [5.74, 6) is -1.62. The summed E-state index contributed by atoms with van der Waals surface area (Å²) in [6.45, 7) is 6.09. The minimum Gasteiger partial charge on any atom is -0.456 e. The van der Waals surface area contributed by atoms with Gasteiger partial charge in [0.15, 0.2) is 6.61 Å². The molecule has 1 aromatic carbocycles. The van der Waals surface area contributed by atoms with E-state index in [0.29, 0.717) is 11.1 Å². The lowest BCUT2D eigenvalue weighted by Crippen LogP contribution is -2.35. The highest BCUT2D eigenvalue weighted by atomic mass is 32.2. The molecule has 150 valence electrons. The molecule has 2 amide bonds. The number of esters is 1. The molecule has 0 aliphatic rings. The number of sulfonamides is 1. The van der Waals surface area contributed by atoms with Crippen molar-refractivity contribution in [3.8, 4) is 0 Å². The predicted molar refractivity (Wildman–Crippen MR) is 96.6 cm³/mol. The summed E-state index contributed by atoms with van der Waals surface area (Å²) in [5.41, 5.74) is 2.17. The van der Waals surface area contributed by atoms with Crippen molar-refractivity contribution in [1.82, 2.24) is 10.0 Å². The summed E-state index contributed by atoms with van der Waals surface area (Å²) in [4.78, 5) is 34.2. The first-order valence-electron chi connectivity index (χ1n) is 8.26. The molecule has 9 nitrogen and oxygen atoms in total. The Morgan fingerprint density at radius 2 is 1.63 bits per heavy atom. The highest BCUT2D eigenvalue weighted by Crippen LogP contribution is 2.21. The number of ether oxygens (including phenoxy) is 2. The van der Waals surface area contributed by atoms with Gasteiger partial charge in [0.25, 0.3) is 5.91 Å². The monoisotopic (exact) mass is 400 g/mol. The van der Waals surface area contributed by atoms with Crippen molar-refractivity contribution in [2.24, 2.45) is 0 Å². The Labute approximate surface area is 158 Å². The van der Waals surface area contributed by atoms with E-state index in [-0.39, 0.29) is 24.5 Å². The fourth-order valence-corrected chi connectivity index (χ4v) is 3.97. The van der Waals surface area contributed by atoms with Gasteiger partial charge in [0.1, 0.15) is 0 Å². The summed E-state index contributed by atoms with van der Waals surface area (Å²) < 4.78 is 36.4. The molecule has 0 saturated carbocycles. The second-order valence-corrected chi connectivity index (χ2v) is 7.51. The number of benzene rings is 1. The minimum absolute atomic E-state index is 0.0962. The molecule has 0 fully saturated rings. The van der Waals surface area contributed by atoms with Crippen LogP contribution in [0.2, 0.25) is 0 Å². The average molecular weight is 400 g/mol. The molecular weight excluding hydrogens is 376 g/mol. The molecule has 0 unspecified atom stereocenters. The van der Waals surface area contributed by atoms with Crippen molar-refractivity contribution >= 4 is 28.0 Å². The van der Waals surface area contributed by atoms with Crippen molar-refractivity contribution in [3.05, 3.63) is 28.8 Å². The van der Waals surface area contributed by atoms with Crippen molar-refractivity contribution < 1.29 is 32.3 Å². The SMILES string of the molecule is CCOC(=O)NC(=O)COC(=O)CCNS(=O)(=O)c1c(C)cc(C)cc1C. The molecular formula is C17H24N2O7S. The predicted octanol–water partition coefficient (Wildman–Crippen LogP) is 1.10. The van der Waals surface area contributed by atoms with Gasteiger partial charge in [-0.3, -0.25) is 14.9 Å². The zero-order valence-electron chi connectivity index (χ0n) is 15.7. The third-order valence-electron chi connectivity index (χ3n) is 3.38. The number of aryl methyl sites for hydroxylation is 3. The van der Waals surface area contributed by atoms with Crippen LogP contribution in [-0.2, 0) is 29.1 Å². The molecule has 0 radical (unpaired) electrons. The third kappa shape index (κ3) is 7.35. The van der Waals surface area contributed by atoms with Gasteiger partial charge < -0.3 is 9.47 Å². The van der Waals surface area contributed by atoms with E-state index < -0.39 is 34.6 Å². The Morgan fingerprint density at radius 3 is 2.19 bits per heavy atom. The second-order valence-electron chi connectivity index (χ2n) is 5.80. The lowest BCUT2D eigenvalue weighted by atomic mass is 10.1. The van der Waals surface area contributed by atoms with Gasteiger partial charge in [0.2, 0.25) is 10.0 Å². The number of rotatable bonds is 8. The molecule has 1 rings (SSSR count). The van der Waals surface area contributed by atoms with E-state index in [1.807, 2.05) is 12.2 Å². The van der Waals surface area contributed by atoms with Gasteiger partial charge in [0, 0.05) is 6.54 Å². The molecule has 1 aromatic rings. The van der Waals surface area contributed by atoms with Crippen LogP contribution in [0.1, 0.15) is 30.0 Å². The van der Waals surface area contributed by atoms with E-state index in [2.05, 4.69) is 14.2 Å². The fourth-order valence-electron chi connectivity index (χ4n) is 2.49. The lowest BCUT2D eigenvalue weighted by Gasteiger charge is -2.13. The van der Waals surface area contributed by atoms with E-state index in [9.17, 15) is 22.8 Å². The molecule has 0 aromatic heterocycles. The maximum atomic E-state index is 12.4. The Bertz CT molecular complexity index is 796. The molecule has 0 aliphatic carbocycles. The van der Waals surface area contributed by atoms with E-state index in [0.717, 1.165) is 5.56 Å². The fraction of sp³-hybridized carbons (Fsp3) is 0.471. The maximum Gasteiger partial charge on any atom is 0.413 e. The topological polar surface area (TPSA) is 128 Å². The first-order chi connectivity index (χ1) is 12.6. The molecule has 0 saturated heterocycles. The van der Waals surface area contributed by atoms with Crippen molar-refractivity contribution in [3.63, 3.8) is 0 Å². The van der Waals surface area contributed by atoms with Gasteiger partial charge in [-0.05, 0) is 38.8 Å². The molecule has 0 spiro atoms. The van der Waals surface area contributed by atoms with Crippen LogP contribution in [0.4, 0.5) is 4.79 Å². The van der Waals surface area contributed by atoms with Gasteiger partial charge in [-0.25, -0.2) is 17.9 Å². The van der Waals surface area contributed by atoms with E-state index in [1.165, 1.54) is 0 Å². The quantitative estimate of drug-likeness (QED) is 0.625. The molecule has 0 bridgehead atoms. The molecule has 0 heterocycles. The molecule has 2 N–H and O–H groups in total. The summed E-state index contributed by atoms with van der Waals surface area (Å²) in [7, 11) is -3.79. The van der Waals surface area contributed by atoms with Crippen molar-refractivity contribution in [2.45, 2.75) is 39.0 Å². The Hall–Kier alpha value is -2.46. The molecule has 0 atom stereocenters. The maximum absolute atomic E-state index is 12.4. The number of carbonyl (C=O) groups is 3. The van der Waals surface area contributed by atoms with Crippen LogP contribution in [0.15, 0.2) is 17.0 Å². The molecule has 27 heavy (non-hydrogen) atoms. The van der Waals surface area contributed by atoms with Crippen molar-refractivity contribution in [1.29, 1.82) is 0 Å². The first kappa shape index (κ1) is 22.6. The van der Waals surface area contributed by atoms with Crippen LogP contribution in [0.5, 0.6) is 0 Å². The van der Waals surface area contributed by atoms with Gasteiger partial charge in [-0.15, -0.1) is 0 Å². The number of hydrogen-bond acceptors (Lipinski definition) is 7. The van der Waals surface area contributed by atoms with Gasteiger partial charge in [-0.1, -0.05) is 17.7 Å². The Balaban J connectivity index is 2.49. The number of carbonyl (C=O) groups excluding carboxylic acids is 3. The zero-order valence-corrected chi connectivity index (χ0v) is 16.6. The van der Waals surface area contributed by atoms with Gasteiger partial charge >= 0.3 is 12.1 Å². The highest BCUT2D eigenvalue weighted by molar-refractivity contribution is 7.89. The summed E-state index contributed by atoms with van der Waals surface area (Å²) in [5, 5.41) is 1.87. The number of nitrogens with one attached hydrogen (secondary N) is 2. The average Bonchev–Trinajstić information content (AvgIpc) is 2.51. The second kappa shape index (κ2) is 10.0. The zero-order chi connectivity index (χ0) is 20.6. The summed E-state index contributed by atoms with van der Waals surface area (Å²) in [6.07, 6.45) is -1.20. The summed E-state index contributed by atoms with van der Waals surface area (Å²) in [6, 6.07) is 3.52. The smallest absolute Gasteiger partial charge is 0.413 e. The lowest BCUT2D eigenvalue weighted by molar-refractivity contribution is -0.148. The molecule has 10 heteroatoms. The van der Waals surface area contributed by atoms with Crippen LogP contribution in [-0.4, -0.2) is 46.1 Å². The van der Waals surface area contributed by atoms with Crippen LogP contribution in [0.25, 0.3) is 0 Å². The highest BCUT2D eigenvalue weighted by Gasteiger charge is 2.20. The van der Waals surface area contributed by atoms with Crippen molar-refractivity contribution in [2.75, 3.05) is 19.8 Å². The van der Waals surface area contributed by atoms with Gasteiger partial charge in [0.05, 0.1) is 17.9 Å². The van der Waals surface area contributed by atoms with E-state index in [1.54, 1.807) is 32.9 Å². The first-order valence-corrected chi connectivity index (χ1v) is 9.75. The van der Waals surface area contributed by atoms with Crippen LogP contribution in [0, 0.1) is 20.8 Å². The minimum atomic E-state index is -3.79. The number of amides is 2. The van der Waals surface area contributed by atoms with Crippen LogP contribution < -0.4 is 10.0 Å². The standard InChI is InChI=1S/C17H24N2O7S/c1-5-25-17(22)19-14(20)10-26-15(21)6-7-18-27(23,24)16-12(3)8-11(2)9-13(16)4/h8-9,18H,5-7,10H2,1-4H3,(H,19,20,22). The van der Waals surface area contributed by atoms with E-state index in [4.69, 9.17) is 0 Å². The normalized spacial score (nSPS) is 11.0. The van der Waals surface area contributed by atoms with Crippen LogP contribution in [0.3, 0.4) is 0 Å². The van der Waals surface area contributed by atoms with Crippen LogP contribution >= 0.6 is 0 Å². The third-order valence-corrected chi connectivity index (χ3v) is 5.14. The number of hydrogen-bond donors (Lipinski definition) is 2. The summed E-state index contributed by atoms with van der Waals surface area (Å²) >= 11 is 0. The molecule has 0 aliphatic heterocycles. The Kier molecular flexibility index (Phi) is 8.38.